The van der Waals surface area contributed by atoms with Crippen molar-refractivity contribution in [1.82, 2.24) is 18.7 Å². The highest BCUT2D eigenvalue weighted by molar-refractivity contribution is 7.89. The van der Waals surface area contributed by atoms with Crippen molar-refractivity contribution in [3.8, 4) is 5.75 Å². The summed E-state index contributed by atoms with van der Waals surface area (Å²) in [5.74, 6) is 4.53. The Kier molecular flexibility index (Phi) is 9.24. The van der Waals surface area contributed by atoms with Gasteiger partial charge in [-0.05, 0) is 126 Å². The van der Waals surface area contributed by atoms with E-state index >= 15 is 0 Å². The summed E-state index contributed by atoms with van der Waals surface area (Å²) in [7, 11) is -3.45. The number of aliphatic hydroxyl groups excluding tert-OH is 1. The molecule has 4 saturated carbocycles. The minimum atomic E-state index is -3.45. The number of likely N-dealkylation sites (tertiary alicyclic amines) is 2. The molecule has 3 heterocycles. The average Bonchev–Trinajstić information content (AvgIpc) is 3.51. The fourth-order valence-corrected chi connectivity index (χ4v) is 11.3. The smallest absolute Gasteiger partial charge is 0.320 e. The lowest BCUT2D eigenvalue weighted by molar-refractivity contribution is -0.159. The molecular weight excluding hydrogens is 628 g/mol. The summed E-state index contributed by atoms with van der Waals surface area (Å²) in [6.07, 6.45) is 13.4. The predicted octanol–water partition coefficient (Wildman–Crippen LogP) is 5.19. The Morgan fingerprint density at radius 3 is 2.02 bits per heavy atom. The number of ether oxygens (including phenoxy) is 1. The number of carbonyl (C=O) groups is 2. The summed E-state index contributed by atoms with van der Waals surface area (Å²) < 4.78 is 31.4. The van der Waals surface area contributed by atoms with E-state index < -0.39 is 16.1 Å². The van der Waals surface area contributed by atoms with Crippen LogP contribution >= 0.6 is 0 Å². The number of aromatic nitrogens is 1. The Morgan fingerprint density at radius 1 is 0.917 bits per heavy atom. The molecule has 4 aliphatic carbocycles. The lowest BCUT2D eigenvalue weighted by Gasteiger charge is -2.57. The van der Waals surface area contributed by atoms with Gasteiger partial charge in [-0.1, -0.05) is 6.07 Å². The van der Waals surface area contributed by atoms with E-state index in [0.29, 0.717) is 47.5 Å². The zero-order valence-corrected chi connectivity index (χ0v) is 29.7. The predicted molar refractivity (Wildman–Crippen MR) is 185 cm³/mol. The van der Waals surface area contributed by atoms with Crippen LogP contribution in [0, 0.1) is 35.0 Å². The zero-order chi connectivity index (χ0) is 33.8. The van der Waals surface area contributed by atoms with Gasteiger partial charge < -0.3 is 24.5 Å². The first-order valence-electron chi connectivity index (χ1n) is 18.4. The molecule has 4 bridgehead atoms. The van der Waals surface area contributed by atoms with Gasteiger partial charge in [0.15, 0.2) is 0 Å². The largest absolute Gasteiger partial charge is 0.490 e. The molecule has 1 aromatic heterocycles. The lowest BCUT2D eigenvalue weighted by atomic mass is 9.49. The highest BCUT2D eigenvalue weighted by Gasteiger charge is 2.55. The van der Waals surface area contributed by atoms with Gasteiger partial charge in [-0.2, -0.15) is 0 Å². The van der Waals surface area contributed by atoms with Crippen molar-refractivity contribution in [3.63, 3.8) is 0 Å². The molecule has 1 N–H and O–H groups in total. The van der Waals surface area contributed by atoms with Crippen molar-refractivity contribution in [2.24, 2.45) is 35.0 Å². The van der Waals surface area contributed by atoms with Gasteiger partial charge in [-0.15, -0.1) is 0 Å². The van der Waals surface area contributed by atoms with Crippen LogP contribution in [0.1, 0.15) is 78.1 Å². The number of rotatable bonds is 9. The first kappa shape index (κ1) is 33.7. The number of aliphatic hydroxyl groups is 1. The number of hydrogen-bond donors (Lipinski definition) is 1. The van der Waals surface area contributed by atoms with E-state index in [9.17, 15) is 23.1 Å². The molecule has 6 aliphatic rings. The fourth-order valence-electron chi connectivity index (χ4n) is 10.5. The van der Waals surface area contributed by atoms with E-state index in [2.05, 4.69) is 4.90 Å². The number of fused-ring (bicyclic) bond motifs is 1. The van der Waals surface area contributed by atoms with Crippen LogP contribution in [0.25, 0.3) is 10.9 Å². The Morgan fingerprint density at radius 2 is 1.48 bits per heavy atom. The summed E-state index contributed by atoms with van der Waals surface area (Å²) in [6.45, 7) is 7.26. The van der Waals surface area contributed by atoms with Crippen molar-refractivity contribution in [2.45, 2.75) is 90.2 Å². The van der Waals surface area contributed by atoms with Crippen molar-refractivity contribution >= 4 is 32.9 Å². The summed E-state index contributed by atoms with van der Waals surface area (Å²) in [4.78, 5) is 33.4. The van der Waals surface area contributed by atoms with Gasteiger partial charge in [0.05, 0.1) is 23.7 Å². The molecule has 8 rings (SSSR count). The summed E-state index contributed by atoms with van der Waals surface area (Å²) in [6, 6.07) is 6.75. The van der Waals surface area contributed by atoms with E-state index in [1.54, 1.807) is 29.2 Å². The maximum absolute atomic E-state index is 13.9. The van der Waals surface area contributed by atoms with Crippen LogP contribution in [0.2, 0.25) is 0 Å². The second-order valence-corrected chi connectivity index (χ2v) is 18.1. The van der Waals surface area contributed by atoms with E-state index in [1.807, 2.05) is 18.7 Å². The molecule has 0 spiro atoms. The maximum Gasteiger partial charge on any atom is 0.320 e. The van der Waals surface area contributed by atoms with Gasteiger partial charge in [0.1, 0.15) is 18.5 Å². The molecule has 3 amide bonds. The molecule has 6 fully saturated rings. The Hall–Kier alpha value is -2.79. The quantitative estimate of drug-likeness (QED) is 0.390. The zero-order valence-electron chi connectivity index (χ0n) is 28.9. The van der Waals surface area contributed by atoms with Crippen LogP contribution in [0.15, 0.2) is 30.5 Å². The van der Waals surface area contributed by atoms with Crippen LogP contribution in [-0.4, -0.2) is 102 Å². The number of nitrogens with zero attached hydrogens (tertiary/aromatic N) is 4. The number of piperidine rings is 2. The molecule has 0 radical (unpaired) electrons. The fraction of sp³-hybridized carbons (Fsp3) is 0.730. The first-order chi connectivity index (χ1) is 22.9. The van der Waals surface area contributed by atoms with Gasteiger partial charge >= 0.3 is 6.03 Å². The van der Waals surface area contributed by atoms with E-state index in [-0.39, 0.29) is 30.6 Å². The van der Waals surface area contributed by atoms with Gasteiger partial charge in [0.25, 0.3) is 0 Å². The van der Waals surface area contributed by atoms with Crippen LogP contribution in [0.4, 0.5) is 4.79 Å². The second-order valence-electron chi connectivity index (χ2n) is 16.2. The monoisotopic (exact) mass is 682 g/mol. The first-order valence-corrected chi connectivity index (χ1v) is 20.2. The molecule has 48 heavy (non-hydrogen) atoms. The number of amides is 3. The van der Waals surface area contributed by atoms with E-state index in [0.717, 1.165) is 82.0 Å². The Balaban J connectivity index is 0.881. The molecule has 264 valence electrons. The molecule has 10 nitrogen and oxygen atoms in total. The van der Waals surface area contributed by atoms with Crippen LogP contribution in [0.5, 0.6) is 5.75 Å². The number of hydrogen-bond acceptors (Lipinski definition) is 6. The lowest BCUT2D eigenvalue weighted by Crippen LogP contribution is -2.56. The topological polar surface area (TPSA) is 112 Å². The maximum atomic E-state index is 13.9. The molecule has 1 atom stereocenters. The van der Waals surface area contributed by atoms with Crippen LogP contribution in [0.3, 0.4) is 0 Å². The molecule has 1 aromatic carbocycles. The van der Waals surface area contributed by atoms with Crippen molar-refractivity contribution in [2.75, 3.05) is 45.6 Å². The molecule has 2 aliphatic heterocycles. The van der Waals surface area contributed by atoms with Gasteiger partial charge in [-0.3, -0.25) is 4.79 Å². The van der Waals surface area contributed by atoms with Crippen LogP contribution < -0.4 is 4.74 Å². The van der Waals surface area contributed by atoms with Crippen molar-refractivity contribution in [1.29, 1.82) is 0 Å². The van der Waals surface area contributed by atoms with Crippen molar-refractivity contribution in [3.05, 3.63) is 30.5 Å². The van der Waals surface area contributed by atoms with Crippen molar-refractivity contribution < 1.29 is 27.9 Å². The number of urea groups is 1. The highest BCUT2D eigenvalue weighted by Crippen LogP contribution is 2.60. The van der Waals surface area contributed by atoms with Crippen LogP contribution in [-0.2, 0) is 14.8 Å². The highest BCUT2D eigenvalue weighted by atomic mass is 32.2. The molecule has 2 aromatic rings. The SMILES string of the molecule is CC(C)N(CC(O)COc1cccc2c1ccn2S(C)(=O)=O)C(=O)N1CCC(C2CCN(C(=O)C34CC5CC(CC(C5)C3)C4)CC2)CC1. The average molecular weight is 683 g/mol. The normalized spacial score (nSPS) is 28.7. The minimum absolute atomic E-state index is 0.0220. The van der Waals surface area contributed by atoms with E-state index in [1.165, 1.54) is 29.4 Å². The Labute approximate surface area is 285 Å². The third-order valence-corrected chi connectivity index (χ3v) is 13.6. The third kappa shape index (κ3) is 6.57. The number of carbonyl (C=O) groups excluding carboxylic acids is 2. The Bertz CT molecular complexity index is 1570. The third-order valence-electron chi connectivity index (χ3n) is 12.5. The minimum Gasteiger partial charge on any atom is -0.490 e. The second kappa shape index (κ2) is 13.2. The van der Waals surface area contributed by atoms with E-state index in [4.69, 9.17) is 4.74 Å². The van der Waals surface area contributed by atoms with Gasteiger partial charge in [0, 0.05) is 43.8 Å². The van der Waals surface area contributed by atoms with Gasteiger partial charge in [-0.25, -0.2) is 17.2 Å². The summed E-state index contributed by atoms with van der Waals surface area (Å²) in [5.41, 5.74) is 0.472. The number of benzene rings is 1. The molecule has 11 heteroatoms. The standard InChI is InChI=1S/C37H54N4O6S/c1-25(2)40(23-31(42)24-47-34-6-4-5-33-32(34)11-16-41(33)48(3,45)46)36(44)39-14-9-30(10-15-39)29-7-12-38(13-8-29)35(43)37-20-26-17-27(21-37)19-28(18-26)22-37/h4-6,11,16,25-31,42H,7-10,12-15,17-24H2,1-3H3. The summed E-state index contributed by atoms with van der Waals surface area (Å²) in [5, 5.41) is 11.6. The summed E-state index contributed by atoms with van der Waals surface area (Å²) >= 11 is 0. The molecule has 1 unspecified atom stereocenters. The molecule has 2 saturated heterocycles. The molecular formula is C37H54N4O6S. The van der Waals surface area contributed by atoms with Gasteiger partial charge in [0.2, 0.25) is 15.9 Å².